The number of nitrogens with zero attached hydrogens (tertiary/aromatic N) is 2. The molecule has 1 N–H and O–H groups in total. The lowest BCUT2D eigenvalue weighted by molar-refractivity contribution is 0.663. The maximum Gasteiger partial charge on any atom is 0.134 e. The van der Waals surface area contributed by atoms with Crippen molar-refractivity contribution in [3.05, 3.63) is 17.1 Å². The Labute approximate surface area is 113 Å². The van der Waals surface area contributed by atoms with Crippen molar-refractivity contribution < 1.29 is 0 Å². The van der Waals surface area contributed by atoms with Gasteiger partial charge in [-0.2, -0.15) is 11.8 Å². The molecule has 1 aliphatic heterocycles. The van der Waals surface area contributed by atoms with E-state index < -0.39 is 0 Å². The quantitative estimate of drug-likeness (QED) is 0.898. The fourth-order valence-corrected chi connectivity index (χ4v) is 3.87. The molecule has 0 radical (unpaired) electrons. The van der Waals surface area contributed by atoms with Crippen LogP contribution in [0.2, 0.25) is 0 Å². The summed E-state index contributed by atoms with van der Waals surface area (Å²) in [6, 6.07) is 0. The normalized spacial score (nSPS) is 19.2. The van der Waals surface area contributed by atoms with Crippen molar-refractivity contribution in [1.82, 2.24) is 9.97 Å². The average Bonchev–Trinajstić information content (AvgIpc) is 3.05. The molecule has 0 bridgehead atoms. The van der Waals surface area contributed by atoms with Crippen molar-refractivity contribution in [2.24, 2.45) is 0 Å². The van der Waals surface area contributed by atoms with Gasteiger partial charge in [-0.15, -0.1) is 0 Å². The molecule has 2 heterocycles. The number of hydrogen-bond acceptors (Lipinski definition) is 4. The summed E-state index contributed by atoms with van der Waals surface area (Å²) in [6.45, 7) is 3.21. The molecule has 2 aliphatic rings. The van der Waals surface area contributed by atoms with E-state index in [1.165, 1.54) is 36.9 Å². The van der Waals surface area contributed by atoms with E-state index in [1.807, 2.05) is 11.8 Å². The van der Waals surface area contributed by atoms with Crippen LogP contribution in [-0.4, -0.2) is 16.5 Å². The summed E-state index contributed by atoms with van der Waals surface area (Å²) >= 11 is 1.96. The van der Waals surface area contributed by atoms with Crippen LogP contribution in [0.3, 0.4) is 0 Å². The van der Waals surface area contributed by atoms with Gasteiger partial charge in [-0.25, -0.2) is 9.97 Å². The number of thioether (sulfide) groups is 1. The molecule has 1 saturated carbocycles. The summed E-state index contributed by atoms with van der Waals surface area (Å²) in [4.78, 5) is 9.66. The monoisotopic (exact) mass is 263 g/mol. The Morgan fingerprint density at radius 1 is 1.22 bits per heavy atom. The van der Waals surface area contributed by atoms with Gasteiger partial charge in [0.1, 0.15) is 11.6 Å². The Bertz CT molecular complexity index is 427. The van der Waals surface area contributed by atoms with E-state index >= 15 is 0 Å². The molecular formula is C14H21N3S. The van der Waals surface area contributed by atoms with Crippen LogP contribution in [0.1, 0.15) is 62.0 Å². The summed E-state index contributed by atoms with van der Waals surface area (Å²) in [5.41, 5.74) is 2.64. The predicted octanol–water partition coefficient (Wildman–Crippen LogP) is 3.70. The number of nitrogens with one attached hydrogen (secondary N) is 1. The number of anilines is 1. The van der Waals surface area contributed by atoms with Crippen molar-refractivity contribution in [2.45, 2.75) is 56.5 Å². The smallest absolute Gasteiger partial charge is 0.134 e. The number of aromatic nitrogens is 2. The van der Waals surface area contributed by atoms with Crippen LogP contribution in [0, 0.1) is 0 Å². The first-order valence-corrected chi connectivity index (χ1v) is 8.25. The molecule has 98 valence electrons. The average molecular weight is 263 g/mol. The molecular weight excluding hydrogens is 242 g/mol. The minimum atomic E-state index is 0.614. The van der Waals surface area contributed by atoms with Gasteiger partial charge in [-0.3, -0.25) is 0 Å². The second-order valence-electron chi connectivity index (χ2n) is 5.26. The standard InChI is InChI=1S/C14H21N3S/c1-2-7-15-14-11-8-18-9-12(11)16-13(17-14)10-5-3-4-6-10/h10H,2-9H2,1H3,(H,15,16,17). The molecule has 0 saturated heterocycles. The van der Waals surface area contributed by atoms with Crippen LogP contribution in [0.15, 0.2) is 0 Å². The molecule has 0 spiro atoms. The summed E-state index contributed by atoms with van der Waals surface area (Å²) in [5, 5.41) is 3.49. The second-order valence-corrected chi connectivity index (χ2v) is 6.24. The van der Waals surface area contributed by atoms with Crippen molar-refractivity contribution in [1.29, 1.82) is 0 Å². The van der Waals surface area contributed by atoms with Crippen molar-refractivity contribution >= 4 is 17.6 Å². The minimum absolute atomic E-state index is 0.614. The third kappa shape index (κ3) is 2.35. The molecule has 3 rings (SSSR count). The first kappa shape index (κ1) is 12.3. The summed E-state index contributed by atoms with van der Waals surface area (Å²) in [6.07, 6.45) is 6.39. The SMILES string of the molecule is CCCNc1nc(C2CCCC2)nc2c1CSC2. The number of hydrogen-bond donors (Lipinski definition) is 1. The van der Waals surface area contributed by atoms with Crippen LogP contribution in [0.4, 0.5) is 5.82 Å². The zero-order chi connectivity index (χ0) is 12.4. The lowest BCUT2D eigenvalue weighted by Gasteiger charge is -2.14. The van der Waals surface area contributed by atoms with E-state index in [-0.39, 0.29) is 0 Å². The maximum absolute atomic E-state index is 4.83. The molecule has 18 heavy (non-hydrogen) atoms. The molecule has 1 fully saturated rings. The summed E-state index contributed by atoms with van der Waals surface area (Å²) < 4.78 is 0. The predicted molar refractivity (Wildman–Crippen MR) is 77.0 cm³/mol. The molecule has 0 atom stereocenters. The van der Waals surface area contributed by atoms with Gasteiger partial charge in [0.2, 0.25) is 0 Å². The highest BCUT2D eigenvalue weighted by Crippen LogP contribution is 2.37. The van der Waals surface area contributed by atoms with Gasteiger partial charge in [0.15, 0.2) is 0 Å². The molecule has 1 aromatic heterocycles. The van der Waals surface area contributed by atoms with E-state index in [0.717, 1.165) is 36.1 Å². The summed E-state index contributed by atoms with van der Waals surface area (Å²) in [7, 11) is 0. The first-order chi connectivity index (χ1) is 8.88. The number of fused-ring (bicyclic) bond motifs is 1. The highest BCUT2D eigenvalue weighted by molar-refractivity contribution is 7.98. The third-order valence-electron chi connectivity index (χ3n) is 3.86. The Morgan fingerprint density at radius 3 is 2.83 bits per heavy atom. The fourth-order valence-electron chi connectivity index (χ4n) is 2.83. The van der Waals surface area contributed by atoms with Crippen molar-refractivity contribution in [3.8, 4) is 0 Å². The Kier molecular flexibility index (Phi) is 3.73. The van der Waals surface area contributed by atoms with Gasteiger partial charge < -0.3 is 5.32 Å². The minimum Gasteiger partial charge on any atom is -0.370 e. The van der Waals surface area contributed by atoms with Crippen molar-refractivity contribution in [3.63, 3.8) is 0 Å². The third-order valence-corrected chi connectivity index (χ3v) is 4.83. The van der Waals surface area contributed by atoms with Gasteiger partial charge in [-0.1, -0.05) is 19.8 Å². The van der Waals surface area contributed by atoms with Crippen LogP contribution in [0.5, 0.6) is 0 Å². The Morgan fingerprint density at radius 2 is 2.06 bits per heavy atom. The van der Waals surface area contributed by atoms with Gasteiger partial charge in [0, 0.05) is 29.5 Å². The molecule has 1 aromatic rings. The Hall–Kier alpha value is -0.770. The second kappa shape index (κ2) is 5.47. The van der Waals surface area contributed by atoms with Crippen LogP contribution in [0.25, 0.3) is 0 Å². The lowest BCUT2D eigenvalue weighted by atomic mass is 10.1. The summed E-state index contributed by atoms with van der Waals surface area (Å²) in [5.74, 6) is 4.98. The molecule has 0 unspecified atom stereocenters. The fraction of sp³-hybridized carbons (Fsp3) is 0.714. The lowest BCUT2D eigenvalue weighted by Crippen LogP contribution is -2.11. The first-order valence-electron chi connectivity index (χ1n) is 7.09. The van der Waals surface area contributed by atoms with Gasteiger partial charge in [0.25, 0.3) is 0 Å². The van der Waals surface area contributed by atoms with Gasteiger partial charge >= 0.3 is 0 Å². The highest BCUT2D eigenvalue weighted by Gasteiger charge is 2.25. The zero-order valence-corrected chi connectivity index (χ0v) is 11.9. The van der Waals surface area contributed by atoms with Crippen LogP contribution in [-0.2, 0) is 11.5 Å². The van der Waals surface area contributed by atoms with E-state index in [4.69, 9.17) is 9.97 Å². The molecule has 0 aromatic carbocycles. The van der Waals surface area contributed by atoms with E-state index in [1.54, 1.807) is 0 Å². The number of rotatable bonds is 4. The maximum atomic E-state index is 4.83. The topological polar surface area (TPSA) is 37.8 Å². The largest absolute Gasteiger partial charge is 0.370 e. The van der Waals surface area contributed by atoms with E-state index in [0.29, 0.717) is 5.92 Å². The molecule has 3 nitrogen and oxygen atoms in total. The molecule has 0 amide bonds. The van der Waals surface area contributed by atoms with E-state index in [9.17, 15) is 0 Å². The Balaban J connectivity index is 1.90. The van der Waals surface area contributed by atoms with Crippen LogP contribution < -0.4 is 5.32 Å². The highest BCUT2D eigenvalue weighted by atomic mass is 32.2. The molecule has 4 heteroatoms. The zero-order valence-electron chi connectivity index (χ0n) is 11.0. The van der Waals surface area contributed by atoms with Crippen molar-refractivity contribution in [2.75, 3.05) is 11.9 Å². The van der Waals surface area contributed by atoms with Gasteiger partial charge in [-0.05, 0) is 19.3 Å². The van der Waals surface area contributed by atoms with Crippen LogP contribution >= 0.6 is 11.8 Å². The van der Waals surface area contributed by atoms with E-state index in [2.05, 4.69) is 12.2 Å². The molecule has 1 aliphatic carbocycles. The van der Waals surface area contributed by atoms with Gasteiger partial charge in [0.05, 0.1) is 5.69 Å².